The molecule has 0 aliphatic carbocycles. The monoisotopic (exact) mass is 352 g/mol. The molecular formula is C18H20N6O2. The number of nitrogens with one attached hydrogen (secondary N) is 1. The largest absolute Gasteiger partial charge is 0.486 e. The molecule has 0 aliphatic heterocycles. The first kappa shape index (κ1) is 17.5. The first-order chi connectivity index (χ1) is 12.5. The van der Waals surface area contributed by atoms with Crippen LogP contribution in [-0.2, 0) is 6.61 Å². The zero-order chi connectivity index (χ0) is 18.5. The number of carbonyl (C=O) groups is 1. The number of anilines is 1. The van der Waals surface area contributed by atoms with E-state index in [9.17, 15) is 4.79 Å². The molecule has 2 aromatic heterocycles. The van der Waals surface area contributed by atoms with Crippen LogP contribution in [0.15, 0.2) is 42.5 Å². The fourth-order valence-corrected chi connectivity index (χ4v) is 2.36. The lowest BCUT2D eigenvalue weighted by Gasteiger charge is -2.10. The summed E-state index contributed by atoms with van der Waals surface area (Å²) < 4.78 is 7.41. The lowest BCUT2D eigenvalue weighted by molar-refractivity contribution is 0.102. The van der Waals surface area contributed by atoms with Crippen molar-refractivity contribution in [2.45, 2.75) is 33.4 Å². The van der Waals surface area contributed by atoms with Gasteiger partial charge in [0.25, 0.3) is 5.91 Å². The maximum absolute atomic E-state index is 12.3. The molecule has 0 spiro atoms. The van der Waals surface area contributed by atoms with Gasteiger partial charge in [0, 0.05) is 11.3 Å². The Hall–Kier alpha value is -3.29. The molecule has 0 atom stereocenters. The third-order valence-electron chi connectivity index (χ3n) is 3.66. The van der Waals surface area contributed by atoms with Gasteiger partial charge in [-0.3, -0.25) is 4.79 Å². The molecule has 1 N–H and O–H groups in total. The number of hydrogen-bond acceptors (Lipinski definition) is 6. The normalized spacial score (nSPS) is 10.8. The number of aryl methyl sites for hydroxylation is 1. The van der Waals surface area contributed by atoms with Crippen molar-refractivity contribution in [1.29, 1.82) is 0 Å². The molecule has 0 saturated carbocycles. The summed E-state index contributed by atoms with van der Waals surface area (Å²) in [6.07, 6.45) is 0. The van der Waals surface area contributed by atoms with Crippen LogP contribution in [0.4, 0.5) is 5.82 Å². The lowest BCUT2D eigenvalue weighted by atomic mass is 10.2. The number of amides is 1. The van der Waals surface area contributed by atoms with Crippen LogP contribution in [0.3, 0.4) is 0 Å². The Morgan fingerprint density at radius 1 is 1.19 bits per heavy atom. The first-order valence-electron chi connectivity index (χ1n) is 8.27. The maximum Gasteiger partial charge on any atom is 0.256 e. The summed E-state index contributed by atoms with van der Waals surface area (Å²) in [6.45, 7) is 6.12. The van der Waals surface area contributed by atoms with E-state index in [2.05, 4.69) is 25.8 Å². The van der Waals surface area contributed by atoms with Crippen LogP contribution in [0.2, 0.25) is 0 Å². The van der Waals surface area contributed by atoms with Crippen LogP contribution in [0.1, 0.15) is 41.8 Å². The number of aromatic nitrogens is 5. The van der Waals surface area contributed by atoms with Crippen LogP contribution in [0.5, 0.6) is 5.75 Å². The van der Waals surface area contributed by atoms with E-state index < -0.39 is 0 Å². The van der Waals surface area contributed by atoms with Gasteiger partial charge in [-0.2, -0.15) is 0 Å². The number of pyridine rings is 1. The molecule has 26 heavy (non-hydrogen) atoms. The standard InChI is InChI=1S/C18H20N6O2/c1-12(2)24-17(21-22-23-24)11-26-15-9-7-14(8-10-15)18(25)20-16-6-4-5-13(3)19-16/h4-10,12H,11H2,1-3H3,(H,19,20,25). The highest BCUT2D eigenvalue weighted by Crippen LogP contribution is 2.15. The Kier molecular flexibility index (Phi) is 5.21. The molecule has 1 amide bonds. The molecule has 0 radical (unpaired) electrons. The summed E-state index contributed by atoms with van der Waals surface area (Å²) in [5.74, 6) is 1.58. The van der Waals surface area contributed by atoms with Gasteiger partial charge in [-0.25, -0.2) is 9.67 Å². The number of carbonyl (C=O) groups excluding carboxylic acids is 1. The van der Waals surface area contributed by atoms with Crippen molar-refractivity contribution in [2.24, 2.45) is 0 Å². The minimum absolute atomic E-state index is 0.157. The van der Waals surface area contributed by atoms with E-state index >= 15 is 0 Å². The Bertz CT molecular complexity index is 889. The molecule has 2 heterocycles. The smallest absolute Gasteiger partial charge is 0.256 e. The van der Waals surface area contributed by atoms with Gasteiger partial charge in [0.1, 0.15) is 18.2 Å². The predicted octanol–water partition coefficient (Wildman–Crippen LogP) is 2.79. The second-order valence-electron chi connectivity index (χ2n) is 6.06. The summed E-state index contributed by atoms with van der Waals surface area (Å²) in [4.78, 5) is 16.5. The van der Waals surface area contributed by atoms with Gasteiger partial charge >= 0.3 is 0 Å². The minimum Gasteiger partial charge on any atom is -0.486 e. The maximum atomic E-state index is 12.3. The molecule has 1 aromatic carbocycles. The van der Waals surface area contributed by atoms with E-state index in [-0.39, 0.29) is 18.6 Å². The third-order valence-corrected chi connectivity index (χ3v) is 3.66. The van der Waals surface area contributed by atoms with Crippen molar-refractivity contribution in [3.63, 3.8) is 0 Å². The third kappa shape index (κ3) is 4.21. The van der Waals surface area contributed by atoms with Crippen LogP contribution in [-0.4, -0.2) is 31.1 Å². The summed E-state index contributed by atoms with van der Waals surface area (Å²) in [5.41, 5.74) is 1.36. The van der Waals surface area contributed by atoms with Crippen LogP contribution < -0.4 is 10.1 Å². The minimum atomic E-state index is -0.224. The fraction of sp³-hybridized carbons (Fsp3) is 0.278. The molecule has 134 valence electrons. The van der Waals surface area contributed by atoms with Crippen molar-refractivity contribution in [1.82, 2.24) is 25.2 Å². The van der Waals surface area contributed by atoms with E-state index in [1.54, 1.807) is 35.0 Å². The molecule has 3 rings (SSSR count). The molecule has 0 saturated heterocycles. The van der Waals surface area contributed by atoms with Crippen LogP contribution in [0.25, 0.3) is 0 Å². The van der Waals surface area contributed by atoms with Crippen molar-refractivity contribution in [3.8, 4) is 5.75 Å². The highest BCUT2D eigenvalue weighted by molar-refractivity contribution is 6.03. The molecular weight excluding hydrogens is 332 g/mol. The quantitative estimate of drug-likeness (QED) is 0.733. The highest BCUT2D eigenvalue weighted by atomic mass is 16.5. The van der Waals surface area contributed by atoms with Crippen LogP contribution in [0, 0.1) is 6.92 Å². The SMILES string of the molecule is Cc1cccc(NC(=O)c2ccc(OCc3nnnn3C(C)C)cc2)n1. The average molecular weight is 352 g/mol. The molecule has 0 bridgehead atoms. The number of rotatable bonds is 6. The number of tetrazole rings is 1. The second-order valence-corrected chi connectivity index (χ2v) is 6.06. The fourth-order valence-electron chi connectivity index (χ4n) is 2.36. The van der Waals surface area contributed by atoms with Gasteiger partial charge in [-0.1, -0.05) is 6.07 Å². The summed E-state index contributed by atoms with van der Waals surface area (Å²) in [6, 6.07) is 12.5. The van der Waals surface area contributed by atoms with Gasteiger partial charge in [0.2, 0.25) is 0 Å². The Balaban J connectivity index is 1.61. The zero-order valence-corrected chi connectivity index (χ0v) is 14.9. The summed E-state index contributed by atoms with van der Waals surface area (Å²) in [7, 11) is 0. The molecule has 0 unspecified atom stereocenters. The summed E-state index contributed by atoms with van der Waals surface area (Å²) in [5, 5.41) is 14.3. The van der Waals surface area contributed by atoms with Crippen molar-refractivity contribution < 1.29 is 9.53 Å². The van der Waals surface area contributed by atoms with E-state index in [1.807, 2.05) is 32.9 Å². The van der Waals surface area contributed by atoms with Gasteiger partial charge in [0.15, 0.2) is 5.82 Å². The van der Waals surface area contributed by atoms with Crippen LogP contribution >= 0.6 is 0 Å². The molecule has 0 aliphatic rings. The molecule has 8 nitrogen and oxygen atoms in total. The van der Waals surface area contributed by atoms with Crippen molar-refractivity contribution >= 4 is 11.7 Å². The highest BCUT2D eigenvalue weighted by Gasteiger charge is 2.11. The van der Waals surface area contributed by atoms with Gasteiger partial charge in [-0.05, 0) is 67.6 Å². The van der Waals surface area contributed by atoms with Gasteiger partial charge < -0.3 is 10.1 Å². The Morgan fingerprint density at radius 2 is 1.96 bits per heavy atom. The number of ether oxygens (including phenoxy) is 1. The topological polar surface area (TPSA) is 94.8 Å². The number of hydrogen-bond donors (Lipinski definition) is 1. The number of benzene rings is 1. The molecule has 0 fully saturated rings. The molecule has 8 heteroatoms. The van der Waals surface area contributed by atoms with Crippen molar-refractivity contribution in [3.05, 3.63) is 59.5 Å². The Morgan fingerprint density at radius 3 is 2.65 bits per heavy atom. The predicted molar refractivity (Wildman–Crippen MR) is 95.9 cm³/mol. The molecule has 3 aromatic rings. The van der Waals surface area contributed by atoms with Gasteiger partial charge in [0.05, 0.1) is 6.04 Å². The van der Waals surface area contributed by atoms with E-state index in [0.717, 1.165) is 5.69 Å². The van der Waals surface area contributed by atoms with E-state index in [4.69, 9.17) is 4.74 Å². The van der Waals surface area contributed by atoms with Crippen molar-refractivity contribution in [2.75, 3.05) is 5.32 Å². The summed E-state index contributed by atoms with van der Waals surface area (Å²) >= 11 is 0. The zero-order valence-electron chi connectivity index (χ0n) is 14.9. The Labute approximate surface area is 151 Å². The van der Waals surface area contributed by atoms with E-state index in [1.165, 1.54) is 0 Å². The van der Waals surface area contributed by atoms with E-state index in [0.29, 0.717) is 23.0 Å². The second kappa shape index (κ2) is 7.73. The average Bonchev–Trinajstić information content (AvgIpc) is 3.09. The van der Waals surface area contributed by atoms with Gasteiger partial charge in [-0.15, -0.1) is 5.10 Å². The first-order valence-corrected chi connectivity index (χ1v) is 8.27. The lowest BCUT2D eigenvalue weighted by Crippen LogP contribution is -2.13. The number of nitrogens with zero attached hydrogens (tertiary/aromatic N) is 5.